The molecule has 1 aromatic carbocycles. The number of aromatic nitrogens is 2. The Hall–Kier alpha value is -1.82. The molecule has 1 saturated carbocycles. The lowest BCUT2D eigenvalue weighted by molar-refractivity contribution is -0.113. The van der Waals surface area contributed by atoms with Crippen molar-refractivity contribution in [3.8, 4) is 0 Å². The lowest BCUT2D eigenvalue weighted by Crippen LogP contribution is -2.16. The molecule has 0 radical (unpaired) electrons. The number of thioether (sulfide) groups is 1. The van der Waals surface area contributed by atoms with E-state index in [0.29, 0.717) is 22.9 Å². The molecule has 23 heavy (non-hydrogen) atoms. The Kier molecular flexibility index (Phi) is 4.71. The monoisotopic (exact) mass is 331 g/mol. The first-order chi connectivity index (χ1) is 11.0. The van der Waals surface area contributed by atoms with Crippen LogP contribution in [0.5, 0.6) is 0 Å². The topological polar surface area (TPSA) is 68.0 Å². The molecule has 1 fully saturated rings. The van der Waals surface area contributed by atoms with Crippen molar-refractivity contribution in [1.29, 1.82) is 0 Å². The molecule has 0 unspecified atom stereocenters. The summed E-state index contributed by atoms with van der Waals surface area (Å²) >= 11 is 1.28. The average molecular weight is 331 g/mol. The van der Waals surface area contributed by atoms with Gasteiger partial charge in [0, 0.05) is 11.6 Å². The number of hydrogen-bond acceptors (Lipinski definition) is 5. The first-order valence-electron chi connectivity index (χ1n) is 7.90. The lowest BCUT2D eigenvalue weighted by Gasteiger charge is -2.16. The van der Waals surface area contributed by atoms with Gasteiger partial charge in [0.15, 0.2) is 0 Å². The van der Waals surface area contributed by atoms with Crippen LogP contribution in [0, 0.1) is 6.92 Å². The van der Waals surface area contributed by atoms with Gasteiger partial charge in [-0.1, -0.05) is 43.8 Å². The fourth-order valence-electron chi connectivity index (χ4n) is 2.42. The quantitative estimate of drug-likeness (QED) is 0.807. The van der Waals surface area contributed by atoms with E-state index < -0.39 is 0 Å². The summed E-state index contributed by atoms with van der Waals surface area (Å²) in [6.07, 6.45) is 2.25. The maximum absolute atomic E-state index is 12.2. The summed E-state index contributed by atoms with van der Waals surface area (Å²) < 4.78 is 5.55. The summed E-state index contributed by atoms with van der Waals surface area (Å²) in [7, 11) is 0. The van der Waals surface area contributed by atoms with Gasteiger partial charge in [-0.15, -0.1) is 10.2 Å². The van der Waals surface area contributed by atoms with Crippen LogP contribution in [0.25, 0.3) is 0 Å². The van der Waals surface area contributed by atoms with Crippen LogP contribution < -0.4 is 5.32 Å². The minimum Gasteiger partial charge on any atom is -0.416 e. The molecule has 1 aliphatic carbocycles. The minimum atomic E-state index is -0.0580. The summed E-state index contributed by atoms with van der Waals surface area (Å²) in [5, 5.41) is 11.5. The van der Waals surface area contributed by atoms with E-state index >= 15 is 0 Å². The molecule has 122 valence electrons. The van der Waals surface area contributed by atoms with Gasteiger partial charge in [-0.25, -0.2) is 0 Å². The van der Waals surface area contributed by atoms with Crippen molar-refractivity contribution in [2.24, 2.45) is 0 Å². The van der Waals surface area contributed by atoms with E-state index in [9.17, 15) is 4.79 Å². The zero-order chi connectivity index (χ0) is 16.4. The number of aryl methyl sites for hydroxylation is 1. The zero-order valence-electron chi connectivity index (χ0n) is 13.6. The summed E-state index contributed by atoms with van der Waals surface area (Å²) in [6.45, 7) is 6.25. The van der Waals surface area contributed by atoms with Crippen molar-refractivity contribution in [3.63, 3.8) is 0 Å². The number of nitrogens with one attached hydrogen (secondary N) is 1. The number of rotatable bonds is 6. The van der Waals surface area contributed by atoms with Crippen LogP contribution in [-0.2, 0) is 4.79 Å². The second-order valence-corrected chi connectivity index (χ2v) is 7.14. The number of amides is 1. The van der Waals surface area contributed by atoms with E-state index in [-0.39, 0.29) is 11.7 Å². The third-order valence-electron chi connectivity index (χ3n) is 3.87. The third kappa shape index (κ3) is 3.93. The van der Waals surface area contributed by atoms with Gasteiger partial charge in [0.25, 0.3) is 5.22 Å². The maximum atomic E-state index is 12.2. The largest absolute Gasteiger partial charge is 0.416 e. The molecule has 1 aliphatic rings. The normalized spacial score (nSPS) is 14.3. The second kappa shape index (κ2) is 6.74. The van der Waals surface area contributed by atoms with E-state index in [1.54, 1.807) is 0 Å². The first-order valence-corrected chi connectivity index (χ1v) is 8.88. The van der Waals surface area contributed by atoms with E-state index in [1.165, 1.54) is 11.8 Å². The molecule has 0 saturated heterocycles. The van der Waals surface area contributed by atoms with Crippen molar-refractivity contribution in [3.05, 3.63) is 35.2 Å². The molecule has 1 amide bonds. The Bertz CT molecular complexity index is 708. The number of hydrogen-bond donors (Lipinski definition) is 1. The molecule has 5 nitrogen and oxygen atoms in total. The zero-order valence-corrected chi connectivity index (χ0v) is 14.4. The standard InChI is InChI=1S/C17H21N3O2S/c1-10(2)13-6-4-5-11(3)15(13)18-14(21)9-23-17-20-19-16(22-17)12-7-8-12/h4-6,10,12H,7-9H2,1-3H3,(H,18,21). The van der Waals surface area contributed by atoms with Gasteiger partial charge >= 0.3 is 0 Å². The molecule has 0 atom stereocenters. The smallest absolute Gasteiger partial charge is 0.277 e. The summed E-state index contributed by atoms with van der Waals surface area (Å²) in [5.41, 5.74) is 3.14. The third-order valence-corrected chi connectivity index (χ3v) is 4.69. The molecular formula is C17H21N3O2S. The van der Waals surface area contributed by atoms with Crippen LogP contribution in [0.2, 0.25) is 0 Å². The van der Waals surface area contributed by atoms with Gasteiger partial charge in [0.2, 0.25) is 11.8 Å². The van der Waals surface area contributed by atoms with Gasteiger partial charge in [-0.3, -0.25) is 4.79 Å². The highest BCUT2D eigenvalue weighted by Gasteiger charge is 2.29. The van der Waals surface area contributed by atoms with Crippen molar-refractivity contribution in [2.75, 3.05) is 11.1 Å². The van der Waals surface area contributed by atoms with Crippen LogP contribution >= 0.6 is 11.8 Å². The Morgan fingerprint density at radius 2 is 2.17 bits per heavy atom. The van der Waals surface area contributed by atoms with E-state index in [0.717, 1.165) is 29.7 Å². The minimum absolute atomic E-state index is 0.0580. The first kappa shape index (κ1) is 16.1. The predicted octanol–water partition coefficient (Wildman–Crippen LogP) is 4.11. The van der Waals surface area contributed by atoms with Gasteiger partial charge < -0.3 is 9.73 Å². The number of anilines is 1. The molecule has 1 N–H and O–H groups in total. The van der Waals surface area contributed by atoms with Crippen molar-refractivity contribution < 1.29 is 9.21 Å². The molecule has 0 aliphatic heterocycles. The fourth-order valence-corrected chi connectivity index (χ4v) is 2.99. The Morgan fingerprint density at radius 1 is 1.39 bits per heavy atom. The molecular weight excluding hydrogens is 310 g/mol. The summed E-state index contributed by atoms with van der Waals surface area (Å²) in [6, 6.07) is 6.09. The number of benzene rings is 1. The predicted molar refractivity (Wildman–Crippen MR) is 90.9 cm³/mol. The molecule has 6 heteroatoms. The molecule has 3 rings (SSSR count). The molecule has 0 bridgehead atoms. The molecule has 0 spiro atoms. The van der Waals surface area contributed by atoms with Crippen LogP contribution in [0.15, 0.2) is 27.8 Å². The highest BCUT2D eigenvalue weighted by Crippen LogP contribution is 2.39. The van der Waals surface area contributed by atoms with Gasteiger partial charge in [0.1, 0.15) is 0 Å². The SMILES string of the molecule is Cc1cccc(C(C)C)c1NC(=O)CSc1nnc(C2CC2)o1. The van der Waals surface area contributed by atoms with Crippen molar-refractivity contribution >= 4 is 23.4 Å². The Morgan fingerprint density at radius 3 is 2.87 bits per heavy atom. The van der Waals surface area contributed by atoms with Crippen LogP contribution in [0.3, 0.4) is 0 Å². The highest BCUT2D eigenvalue weighted by atomic mass is 32.2. The van der Waals surface area contributed by atoms with Gasteiger partial charge in [0.05, 0.1) is 5.75 Å². The van der Waals surface area contributed by atoms with E-state index in [1.807, 2.05) is 19.1 Å². The van der Waals surface area contributed by atoms with Crippen LogP contribution in [-0.4, -0.2) is 21.9 Å². The Balaban J connectivity index is 1.60. The van der Waals surface area contributed by atoms with Crippen LogP contribution in [0.4, 0.5) is 5.69 Å². The highest BCUT2D eigenvalue weighted by molar-refractivity contribution is 7.99. The Labute approximate surface area is 140 Å². The maximum Gasteiger partial charge on any atom is 0.277 e. The van der Waals surface area contributed by atoms with Crippen molar-refractivity contribution in [1.82, 2.24) is 10.2 Å². The number of nitrogens with zero attached hydrogens (tertiary/aromatic N) is 2. The number of carbonyl (C=O) groups is 1. The fraction of sp³-hybridized carbons (Fsp3) is 0.471. The van der Waals surface area contributed by atoms with E-state index in [2.05, 4.69) is 35.4 Å². The number of carbonyl (C=O) groups excluding carboxylic acids is 1. The van der Waals surface area contributed by atoms with E-state index in [4.69, 9.17) is 4.42 Å². The van der Waals surface area contributed by atoms with Gasteiger partial charge in [-0.2, -0.15) is 0 Å². The lowest BCUT2D eigenvalue weighted by atomic mass is 9.98. The average Bonchev–Trinajstić information content (AvgIpc) is 3.26. The second-order valence-electron chi connectivity index (χ2n) is 6.21. The van der Waals surface area contributed by atoms with Crippen LogP contribution in [0.1, 0.15) is 55.5 Å². The summed E-state index contributed by atoms with van der Waals surface area (Å²) in [5.74, 6) is 1.70. The molecule has 2 aromatic rings. The molecule has 1 heterocycles. The van der Waals surface area contributed by atoms with Gasteiger partial charge in [-0.05, 0) is 36.8 Å². The van der Waals surface area contributed by atoms with Crippen molar-refractivity contribution in [2.45, 2.75) is 50.7 Å². The number of para-hydroxylation sites is 1. The summed E-state index contributed by atoms with van der Waals surface area (Å²) in [4.78, 5) is 12.2. The molecule has 1 aromatic heterocycles.